The van der Waals surface area contributed by atoms with Gasteiger partial charge in [0.2, 0.25) is 5.88 Å². The Morgan fingerprint density at radius 3 is 2.81 bits per heavy atom. The molecule has 21 heavy (non-hydrogen) atoms. The zero-order valence-electron chi connectivity index (χ0n) is 11.5. The van der Waals surface area contributed by atoms with Gasteiger partial charge in [0.05, 0.1) is 18.5 Å². The summed E-state index contributed by atoms with van der Waals surface area (Å²) in [5.74, 6) is 0.655. The maximum atomic E-state index is 5.54. The van der Waals surface area contributed by atoms with Crippen LogP contribution in [0.25, 0.3) is 27.3 Å². The molecule has 0 spiro atoms. The molecule has 4 rings (SSSR count). The summed E-state index contributed by atoms with van der Waals surface area (Å²) >= 11 is 0. The Kier molecular flexibility index (Phi) is 3.66. The van der Waals surface area contributed by atoms with Gasteiger partial charge >= 0.3 is 0 Å². The van der Waals surface area contributed by atoms with E-state index < -0.39 is 0 Å². The average Bonchev–Trinajstić information content (AvgIpc) is 2.92. The van der Waals surface area contributed by atoms with Gasteiger partial charge in [-0.25, -0.2) is 4.98 Å². The molecule has 0 atom stereocenters. The first-order chi connectivity index (χ1) is 9.88. The van der Waals surface area contributed by atoms with Gasteiger partial charge in [-0.15, -0.1) is 29.7 Å². The predicted octanol–water partition coefficient (Wildman–Crippen LogP) is 3.84. The van der Waals surface area contributed by atoms with E-state index in [9.17, 15) is 0 Å². The van der Waals surface area contributed by atoms with Crippen LogP contribution >= 0.6 is 0 Å². The summed E-state index contributed by atoms with van der Waals surface area (Å²) in [6, 6.07) is 17.7. The minimum atomic E-state index is 0. The van der Waals surface area contributed by atoms with E-state index >= 15 is 0 Å². The summed E-state index contributed by atoms with van der Waals surface area (Å²) in [4.78, 5) is 4.59. The second kappa shape index (κ2) is 5.47. The molecule has 2 heterocycles. The van der Waals surface area contributed by atoms with Crippen molar-refractivity contribution in [1.29, 1.82) is 0 Å². The number of fused-ring (bicyclic) bond motifs is 6. The molecular formula is C17H13IrN2O-. The number of nitrogens with zero attached hydrogens (tertiary/aromatic N) is 2. The third-order valence-electron chi connectivity index (χ3n) is 3.51. The van der Waals surface area contributed by atoms with Crippen molar-refractivity contribution in [2.75, 3.05) is 6.61 Å². The van der Waals surface area contributed by atoms with Crippen molar-refractivity contribution in [1.82, 2.24) is 9.38 Å². The van der Waals surface area contributed by atoms with Crippen LogP contribution in [0.15, 0.2) is 48.7 Å². The molecule has 2 aromatic carbocycles. The Bertz CT molecular complexity index is 857. The topological polar surface area (TPSA) is 26.5 Å². The first-order valence-corrected chi connectivity index (χ1v) is 6.71. The fourth-order valence-corrected chi connectivity index (χ4v) is 2.69. The molecule has 0 saturated carbocycles. The van der Waals surface area contributed by atoms with Crippen molar-refractivity contribution in [2.24, 2.45) is 0 Å². The Morgan fingerprint density at radius 2 is 1.95 bits per heavy atom. The maximum Gasteiger partial charge on any atom is 0.222 e. The Labute approximate surface area is 135 Å². The number of benzene rings is 2. The monoisotopic (exact) mass is 454 g/mol. The van der Waals surface area contributed by atoms with Crippen LogP contribution in [0, 0.1) is 6.07 Å². The molecule has 0 fully saturated rings. The second-order valence-electron chi connectivity index (χ2n) is 4.68. The third kappa shape index (κ3) is 2.11. The summed E-state index contributed by atoms with van der Waals surface area (Å²) in [5.41, 5.74) is 2.02. The molecule has 4 aromatic rings. The molecule has 1 radical (unpaired) electrons. The van der Waals surface area contributed by atoms with Gasteiger partial charge in [0, 0.05) is 25.6 Å². The molecule has 0 aliphatic heterocycles. The van der Waals surface area contributed by atoms with Gasteiger partial charge < -0.3 is 9.14 Å². The van der Waals surface area contributed by atoms with Crippen molar-refractivity contribution in [3.05, 3.63) is 54.7 Å². The number of aromatic nitrogens is 2. The number of pyridine rings is 1. The molecule has 3 nitrogen and oxygen atoms in total. The van der Waals surface area contributed by atoms with Gasteiger partial charge in [-0.1, -0.05) is 23.6 Å². The Hall–Kier alpha value is -1.90. The first-order valence-electron chi connectivity index (χ1n) is 6.71. The third-order valence-corrected chi connectivity index (χ3v) is 3.51. The predicted molar refractivity (Wildman–Crippen MR) is 80.2 cm³/mol. The van der Waals surface area contributed by atoms with Crippen LogP contribution in [0.2, 0.25) is 0 Å². The number of hydrogen-bond acceptors (Lipinski definition) is 2. The van der Waals surface area contributed by atoms with E-state index in [4.69, 9.17) is 4.74 Å². The molecular weight excluding hydrogens is 440 g/mol. The van der Waals surface area contributed by atoms with Crippen LogP contribution in [0.1, 0.15) is 6.92 Å². The molecule has 107 valence electrons. The van der Waals surface area contributed by atoms with E-state index in [0.29, 0.717) is 12.5 Å². The van der Waals surface area contributed by atoms with E-state index in [0.717, 1.165) is 16.6 Å². The Morgan fingerprint density at radius 1 is 1.14 bits per heavy atom. The van der Waals surface area contributed by atoms with Crippen molar-refractivity contribution in [2.45, 2.75) is 6.92 Å². The van der Waals surface area contributed by atoms with Gasteiger partial charge in [0.1, 0.15) is 0 Å². The molecule has 0 aliphatic rings. The molecule has 0 N–H and O–H groups in total. The minimum absolute atomic E-state index is 0. The zero-order valence-corrected chi connectivity index (χ0v) is 13.9. The quantitative estimate of drug-likeness (QED) is 0.341. The van der Waals surface area contributed by atoms with Crippen LogP contribution in [-0.2, 0) is 20.1 Å². The minimum Gasteiger partial charge on any atom is -0.477 e. The van der Waals surface area contributed by atoms with Gasteiger partial charge in [-0.3, -0.25) is 0 Å². The van der Waals surface area contributed by atoms with E-state index in [1.807, 2.05) is 31.3 Å². The molecule has 0 saturated heterocycles. The van der Waals surface area contributed by atoms with Crippen LogP contribution < -0.4 is 4.74 Å². The molecule has 0 bridgehead atoms. The number of rotatable bonds is 2. The largest absolute Gasteiger partial charge is 0.477 e. The first kappa shape index (κ1) is 14.1. The van der Waals surface area contributed by atoms with E-state index in [-0.39, 0.29) is 20.1 Å². The van der Waals surface area contributed by atoms with Crippen molar-refractivity contribution in [3.8, 4) is 5.88 Å². The van der Waals surface area contributed by atoms with Gasteiger partial charge in [0.25, 0.3) is 0 Å². The summed E-state index contributed by atoms with van der Waals surface area (Å²) in [5, 5.41) is 3.40. The van der Waals surface area contributed by atoms with Crippen LogP contribution in [0.5, 0.6) is 5.88 Å². The molecule has 0 amide bonds. The molecule has 0 aliphatic carbocycles. The zero-order chi connectivity index (χ0) is 13.5. The summed E-state index contributed by atoms with van der Waals surface area (Å²) in [6.45, 7) is 2.58. The van der Waals surface area contributed by atoms with Crippen LogP contribution in [0.4, 0.5) is 0 Å². The number of hydrogen-bond donors (Lipinski definition) is 0. The average molecular weight is 454 g/mol. The summed E-state index contributed by atoms with van der Waals surface area (Å²) < 4.78 is 7.63. The molecule has 0 unspecified atom stereocenters. The number of para-hydroxylation sites is 1. The van der Waals surface area contributed by atoms with Crippen molar-refractivity contribution >= 4 is 27.3 Å². The fraction of sp³-hybridized carbons (Fsp3) is 0.118. The normalized spacial score (nSPS) is 10.9. The molecule has 4 heteroatoms. The van der Waals surface area contributed by atoms with Gasteiger partial charge in [-0.2, -0.15) is 0 Å². The van der Waals surface area contributed by atoms with Crippen molar-refractivity contribution < 1.29 is 24.8 Å². The van der Waals surface area contributed by atoms with Gasteiger partial charge in [0.15, 0.2) is 0 Å². The van der Waals surface area contributed by atoms with Crippen LogP contribution in [0.3, 0.4) is 0 Å². The maximum absolute atomic E-state index is 5.54. The molecule has 2 aromatic heterocycles. The van der Waals surface area contributed by atoms with Crippen LogP contribution in [-0.4, -0.2) is 16.0 Å². The number of ether oxygens (including phenoxy) is 1. The summed E-state index contributed by atoms with van der Waals surface area (Å²) in [7, 11) is 0. The van der Waals surface area contributed by atoms with E-state index in [1.165, 1.54) is 10.8 Å². The smallest absolute Gasteiger partial charge is 0.222 e. The van der Waals surface area contributed by atoms with E-state index in [1.54, 1.807) is 0 Å². The van der Waals surface area contributed by atoms with Crippen molar-refractivity contribution in [3.63, 3.8) is 0 Å². The standard InChI is InChI=1S/C17H13N2O.Ir/c1-2-20-16-11-19-15-10-6-5-8-13(15)12-7-3-4-9-14(12)17(19)18-16;/h3-8,10-11H,2H2,1H3;/q-1;. The Balaban J connectivity index is 0.00000132. The summed E-state index contributed by atoms with van der Waals surface area (Å²) in [6.07, 6.45) is 1.95. The second-order valence-corrected chi connectivity index (χ2v) is 4.68. The number of imidazole rings is 1. The fourth-order valence-electron chi connectivity index (χ4n) is 2.69. The SMILES string of the molecule is CCOc1cn2c3ccccc3c3ccc[c-]c3c2n1.[Ir]. The van der Waals surface area contributed by atoms with Gasteiger partial charge in [-0.05, 0) is 18.4 Å². The van der Waals surface area contributed by atoms with E-state index in [2.05, 4.69) is 39.7 Å².